The van der Waals surface area contributed by atoms with Crippen LogP contribution in [0.1, 0.15) is 12.5 Å². The average Bonchev–Trinajstić information content (AvgIpc) is 3.52. The van der Waals surface area contributed by atoms with Crippen molar-refractivity contribution in [3.8, 4) is 22.8 Å². The van der Waals surface area contributed by atoms with Gasteiger partial charge in [-0.2, -0.15) is 16.4 Å². The largest absolute Gasteiger partial charge is 0.336 e. The molecule has 0 aliphatic rings. The van der Waals surface area contributed by atoms with E-state index in [-0.39, 0.29) is 5.82 Å². The number of H-pyrrole nitrogens is 2. The number of fused-ring (bicyclic) bond motifs is 2. The minimum Gasteiger partial charge on any atom is -0.336 e. The summed E-state index contributed by atoms with van der Waals surface area (Å²) in [5.41, 5.74) is 5.98. The number of rotatable bonds is 5. The third kappa shape index (κ3) is 3.29. The molecule has 0 fully saturated rings. The number of thiophene rings is 1. The Bertz CT molecular complexity index is 1470. The number of imidazole rings is 1. The molecule has 0 radical (unpaired) electrons. The van der Waals surface area contributed by atoms with Gasteiger partial charge in [-0.15, -0.1) is 0 Å². The number of aromatic nitrogens is 5. The van der Waals surface area contributed by atoms with Crippen LogP contribution in [0, 0.1) is 5.82 Å². The summed E-state index contributed by atoms with van der Waals surface area (Å²) in [4.78, 5) is 12.7. The lowest BCUT2D eigenvalue weighted by Gasteiger charge is -2.05. The van der Waals surface area contributed by atoms with E-state index in [9.17, 15) is 4.39 Å². The van der Waals surface area contributed by atoms with Gasteiger partial charge in [0.1, 0.15) is 17.0 Å². The molecular formula is C24H18FN5S. The van der Waals surface area contributed by atoms with Crippen molar-refractivity contribution >= 4 is 38.8 Å². The van der Waals surface area contributed by atoms with Crippen LogP contribution >= 0.6 is 11.3 Å². The molecule has 0 unspecified atom stereocenters. The maximum Gasteiger partial charge on any atom is 0.159 e. The Morgan fingerprint density at radius 3 is 2.87 bits per heavy atom. The quantitative estimate of drug-likeness (QED) is 0.314. The zero-order valence-electron chi connectivity index (χ0n) is 16.7. The van der Waals surface area contributed by atoms with Gasteiger partial charge in [-0.3, -0.25) is 10.1 Å². The first kappa shape index (κ1) is 19.1. The molecule has 2 N–H and O–H groups in total. The number of benzene rings is 1. The van der Waals surface area contributed by atoms with E-state index in [1.165, 1.54) is 6.07 Å². The molecule has 0 aliphatic heterocycles. The fourth-order valence-electron chi connectivity index (χ4n) is 3.61. The Balaban J connectivity index is 1.68. The first-order chi connectivity index (χ1) is 15.2. The van der Waals surface area contributed by atoms with Gasteiger partial charge in [-0.25, -0.2) is 9.37 Å². The maximum atomic E-state index is 14.8. The van der Waals surface area contributed by atoms with Crippen LogP contribution in [0.4, 0.5) is 4.39 Å². The third-order valence-electron chi connectivity index (χ3n) is 5.10. The predicted octanol–water partition coefficient (Wildman–Crippen LogP) is 6.51. The van der Waals surface area contributed by atoms with E-state index in [0.29, 0.717) is 22.6 Å². The van der Waals surface area contributed by atoms with Crippen LogP contribution < -0.4 is 0 Å². The second-order valence-corrected chi connectivity index (χ2v) is 7.72. The Hall–Kier alpha value is -3.84. The third-order valence-corrected chi connectivity index (χ3v) is 5.79. The van der Waals surface area contributed by atoms with Crippen LogP contribution in [-0.4, -0.2) is 25.1 Å². The van der Waals surface area contributed by atoms with E-state index in [1.807, 2.05) is 42.0 Å². The topological polar surface area (TPSA) is 70.2 Å². The number of nitrogens with zero attached hydrogens (tertiary/aromatic N) is 3. The van der Waals surface area contributed by atoms with Gasteiger partial charge in [-0.05, 0) is 36.1 Å². The Morgan fingerprint density at radius 1 is 1.19 bits per heavy atom. The van der Waals surface area contributed by atoms with E-state index >= 15 is 0 Å². The van der Waals surface area contributed by atoms with Crippen LogP contribution in [0.3, 0.4) is 0 Å². The van der Waals surface area contributed by atoms with Gasteiger partial charge in [0.05, 0.1) is 16.7 Å². The molecule has 0 spiro atoms. The van der Waals surface area contributed by atoms with Crippen molar-refractivity contribution in [2.24, 2.45) is 0 Å². The summed E-state index contributed by atoms with van der Waals surface area (Å²) in [7, 11) is 0. The predicted molar refractivity (Wildman–Crippen MR) is 125 cm³/mol. The minimum absolute atomic E-state index is 0.321. The van der Waals surface area contributed by atoms with Gasteiger partial charge in [-0.1, -0.05) is 30.9 Å². The van der Waals surface area contributed by atoms with E-state index in [4.69, 9.17) is 4.98 Å². The normalized spacial score (nSPS) is 12.4. The van der Waals surface area contributed by atoms with Gasteiger partial charge in [0.25, 0.3) is 0 Å². The number of hydrogen-bond acceptors (Lipinski definition) is 4. The summed E-state index contributed by atoms with van der Waals surface area (Å²) in [6.07, 6.45) is 8.91. The molecule has 5 aromatic rings. The molecule has 152 valence electrons. The lowest BCUT2D eigenvalue weighted by Crippen LogP contribution is -1.89. The Morgan fingerprint density at radius 2 is 2.10 bits per heavy atom. The lowest BCUT2D eigenvalue weighted by atomic mass is 10.0. The molecule has 5 rings (SSSR count). The van der Waals surface area contributed by atoms with Gasteiger partial charge in [0, 0.05) is 34.2 Å². The molecule has 5 nitrogen and oxygen atoms in total. The second kappa shape index (κ2) is 7.77. The van der Waals surface area contributed by atoms with Gasteiger partial charge in [0.15, 0.2) is 5.82 Å². The number of allylic oxidation sites excluding steroid dienone is 5. The standard InChI is InChI=1S/C24H18FN5S/c1-3-5-6-14(4-2)16-11-17-20(12-18(16)25)29-30-22(17)24-27-19-7-9-26-21(23(19)28-24)15-8-10-31-13-15/h3-13H,1H2,2H3,(H,27,28)(H,29,30)/b6-5-,14-4+. The van der Waals surface area contributed by atoms with Crippen LogP contribution in [-0.2, 0) is 0 Å². The number of pyridine rings is 1. The highest BCUT2D eigenvalue weighted by Gasteiger charge is 2.18. The number of aromatic amines is 2. The molecule has 0 bridgehead atoms. The van der Waals surface area contributed by atoms with Crippen molar-refractivity contribution < 1.29 is 4.39 Å². The summed E-state index contributed by atoms with van der Waals surface area (Å²) in [5, 5.41) is 12.2. The molecule has 0 saturated heterocycles. The molecule has 7 heteroatoms. The summed E-state index contributed by atoms with van der Waals surface area (Å²) >= 11 is 1.61. The first-order valence-corrected chi connectivity index (χ1v) is 10.6. The fourth-order valence-corrected chi connectivity index (χ4v) is 4.25. The van der Waals surface area contributed by atoms with Crippen molar-refractivity contribution in [3.63, 3.8) is 0 Å². The SMILES string of the molecule is C=C/C=C\C(=C/C)c1cc2c(-c3nc4c(-c5ccsc5)nccc4[nH]3)n[nH]c2cc1F. The summed E-state index contributed by atoms with van der Waals surface area (Å²) in [6.45, 7) is 5.56. The molecule has 0 atom stereocenters. The smallest absolute Gasteiger partial charge is 0.159 e. The molecule has 4 heterocycles. The van der Waals surface area contributed by atoms with Crippen LogP contribution in [0.5, 0.6) is 0 Å². The van der Waals surface area contributed by atoms with E-state index in [2.05, 4.69) is 26.7 Å². The van der Waals surface area contributed by atoms with Crippen LogP contribution in [0.2, 0.25) is 0 Å². The van der Waals surface area contributed by atoms with E-state index in [1.54, 1.807) is 35.8 Å². The van der Waals surface area contributed by atoms with Crippen molar-refractivity contribution in [3.05, 3.63) is 83.5 Å². The van der Waals surface area contributed by atoms with Gasteiger partial charge >= 0.3 is 0 Å². The second-order valence-electron chi connectivity index (χ2n) is 6.94. The molecule has 0 amide bonds. The van der Waals surface area contributed by atoms with Crippen molar-refractivity contribution in [1.82, 2.24) is 25.1 Å². The summed E-state index contributed by atoms with van der Waals surface area (Å²) in [6, 6.07) is 7.18. The molecule has 0 aliphatic carbocycles. The van der Waals surface area contributed by atoms with Crippen molar-refractivity contribution in [2.45, 2.75) is 6.92 Å². The first-order valence-electron chi connectivity index (χ1n) is 9.70. The highest BCUT2D eigenvalue weighted by Crippen LogP contribution is 2.33. The van der Waals surface area contributed by atoms with Crippen LogP contribution in [0.15, 0.2) is 72.1 Å². The average molecular weight is 428 g/mol. The summed E-state index contributed by atoms with van der Waals surface area (Å²) < 4.78 is 14.8. The number of nitrogens with one attached hydrogen (secondary N) is 2. The summed E-state index contributed by atoms with van der Waals surface area (Å²) in [5.74, 6) is 0.282. The van der Waals surface area contributed by atoms with Crippen molar-refractivity contribution in [1.29, 1.82) is 0 Å². The van der Waals surface area contributed by atoms with Crippen LogP contribution in [0.25, 0.3) is 50.3 Å². The molecule has 1 aromatic carbocycles. The maximum absolute atomic E-state index is 14.8. The highest BCUT2D eigenvalue weighted by atomic mass is 32.1. The lowest BCUT2D eigenvalue weighted by molar-refractivity contribution is 0.626. The number of halogens is 1. The molecule has 0 saturated carbocycles. The molecule has 31 heavy (non-hydrogen) atoms. The molecule has 4 aromatic heterocycles. The Labute approximate surface area is 181 Å². The van der Waals surface area contributed by atoms with E-state index in [0.717, 1.165) is 33.3 Å². The van der Waals surface area contributed by atoms with Gasteiger partial charge < -0.3 is 4.98 Å². The highest BCUT2D eigenvalue weighted by molar-refractivity contribution is 7.08. The van der Waals surface area contributed by atoms with Gasteiger partial charge in [0.2, 0.25) is 0 Å². The van der Waals surface area contributed by atoms with Crippen molar-refractivity contribution in [2.75, 3.05) is 0 Å². The van der Waals surface area contributed by atoms with E-state index < -0.39 is 0 Å². The Kier molecular flexibility index (Phi) is 4.80. The fraction of sp³-hybridized carbons (Fsp3) is 0.0417. The zero-order chi connectivity index (χ0) is 21.4. The number of hydrogen-bond donors (Lipinski definition) is 2. The zero-order valence-corrected chi connectivity index (χ0v) is 17.5. The molecular weight excluding hydrogens is 409 g/mol. The monoisotopic (exact) mass is 427 g/mol. The minimum atomic E-state index is -0.321.